The molecule has 0 aliphatic carbocycles. The average Bonchev–Trinajstić information content (AvgIpc) is 2.33. The lowest BCUT2D eigenvalue weighted by Gasteiger charge is -2.09. The molecule has 3 nitrogen and oxygen atoms in total. The fraction of sp³-hybridized carbons (Fsp3) is 0.545. The molecular weight excluding hydrogens is 265 g/mol. The van der Waals surface area contributed by atoms with Gasteiger partial charge in [-0.3, -0.25) is 0 Å². The van der Waals surface area contributed by atoms with E-state index >= 15 is 0 Å². The van der Waals surface area contributed by atoms with Crippen LogP contribution in [0.3, 0.4) is 0 Å². The number of ether oxygens (including phenoxy) is 1. The smallest absolute Gasteiger partial charge is 0.422 e. The topological polar surface area (TPSA) is 34.1 Å². The van der Waals surface area contributed by atoms with Crippen molar-refractivity contribution < 1.29 is 17.9 Å². The minimum absolute atomic E-state index is 0.0259. The Morgan fingerprint density at radius 1 is 1.39 bits per heavy atom. The molecule has 1 aromatic heterocycles. The highest BCUT2D eigenvalue weighted by Crippen LogP contribution is 2.17. The zero-order chi connectivity index (χ0) is 13.4. The number of pyridine rings is 1. The van der Waals surface area contributed by atoms with E-state index in [0.717, 1.165) is 24.4 Å². The number of hydrogen-bond donors (Lipinski definition) is 1. The van der Waals surface area contributed by atoms with Gasteiger partial charge >= 0.3 is 6.18 Å². The highest BCUT2D eigenvalue weighted by atomic mass is 32.2. The molecule has 1 rings (SSSR count). The molecule has 0 saturated carbocycles. The molecule has 0 amide bonds. The average molecular weight is 280 g/mol. The number of anilines is 1. The van der Waals surface area contributed by atoms with E-state index in [4.69, 9.17) is 0 Å². The summed E-state index contributed by atoms with van der Waals surface area (Å²) in [6.07, 6.45) is 0.184. The first-order valence-corrected chi connectivity index (χ1v) is 6.79. The zero-order valence-corrected chi connectivity index (χ0v) is 10.8. The maximum absolute atomic E-state index is 11.9. The first-order valence-electron chi connectivity index (χ1n) is 5.39. The first kappa shape index (κ1) is 14.9. The molecule has 102 valence electrons. The number of rotatable bonds is 7. The Morgan fingerprint density at radius 3 is 2.72 bits per heavy atom. The Hall–Kier alpha value is -1.11. The standard InChI is InChI=1S/C11H15F3N2OS/c1-18-6-2-5-15-9-3-4-10(16-7-9)17-8-11(12,13)14/h3-4,7,15H,2,5-6,8H2,1H3. The van der Waals surface area contributed by atoms with E-state index in [0.29, 0.717) is 0 Å². The number of nitrogens with one attached hydrogen (secondary N) is 1. The monoisotopic (exact) mass is 280 g/mol. The van der Waals surface area contributed by atoms with E-state index in [2.05, 4.69) is 15.0 Å². The molecule has 0 aromatic carbocycles. The van der Waals surface area contributed by atoms with Crippen molar-refractivity contribution in [3.05, 3.63) is 18.3 Å². The molecule has 0 spiro atoms. The summed E-state index contributed by atoms with van der Waals surface area (Å²) < 4.78 is 40.2. The van der Waals surface area contributed by atoms with Crippen LogP contribution in [0.2, 0.25) is 0 Å². The third-order valence-corrected chi connectivity index (χ3v) is 2.67. The summed E-state index contributed by atoms with van der Waals surface area (Å²) in [5.74, 6) is 1.04. The minimum atomic E-state index is -4.34. The second-order valence-corrected chi connectivity index (χ2v) is 4.55. The maximum atomic E-state index is 11.9. The Morgan fingerprint density at radius 2 is 2.17 bits per heavy atom. The van der Waals surface area contributed by atoms with Gasteiger partial charge in [-0.05, 0) is 24.5 Å². The van der Waals surface area contributed by atoms with Crippen molar-refractivity contribution in [2.45, 2.75) is 12.6 Å². The van der Waals surface area contributed by atoms with Crippen LogP contribution in [0.5, 0.6) is 5.88 Å². The van der Waals surface area contributed by atoms with Gasteiger partial charge in [-0.1, -0.05) is 0 Å². The van der Waals surface area contributed by atoms with Crippen LogP contribution in [0.15, 0.2) is 18.3 Å². The molecule has 0 radical (unpaired) electrons. The fourth-order valence-corrected chi connectivity index (χ4v) is 1.61. The van der Waals surface area contributed by atoms with Gasteiger partial charge in [-0.2, -0.15) is 24.9 Å². The molecular formula is C11H15F3N2OS. The van der Waals surface area contributed by atoms with Gasteiger partial charge in [0.25, 0.3) is 0 Å². The molecule has 0 bridgehead atoms. The summed E-state index contributed by atoms with van der Waals surface area (Å²) in [4.78, 5) is 3.79. The van der Waals surface area contributed by atoms with Crippen LogP contribution in [0, 0.1) is 0 Å². The van der Waals surface area contributed by atoms with E-state index in [-0.39, 0.29) is 5.88 Å². The predicted molar refractivity (Wildman–Crippen MR) is 67.3 cm³/mol. The van der Waals surface area contributed by atoms with Crippen LogP contribution in [-0.4, -0.2) is 36.3 Å². The molecule has 18 heavy (non-hydrogen) atoms. The molecule has 0 aliphatic heterocycles. The van der Waals surface area contributed by atoms with E-state index in [9.17, 15) is 13.2 Å². The lowest BCUT2D eigenvalue weighted by Crippen LogP contribution is -2.19. The molecule has 1 heterocycles. The van der Waals surface area contributed by atoms with Gasteiger partial charge < -0.3 is 10.1 Å². The Bertz CT molecular complexity index is 343. The molecule has 0 atom stereocenters. The Kier molecular flexibility index (Phi) is 6.11. The van der Waals surface area contributed by atoms with Crippen molar-refractivity contribution >= 4 is 17.4 Å². The summed E-state index contributed by atoms with van der Waals surface area (Å²) in [5, 5.41) is 3.13. The molecule has 1 N–H and O–H groups in total. The van der Waals surface area contributed by atoms with Crippen molar-refractivity contribution in [2.75, 3.05) is 30.5 Å². The van der Waals surface area contributed by atoms with Crippen LogP contribution < -0.4 is 10.1 Å². The first-order chi connectivity index (χ1) is 8.51. The van der Waals surface area contributed by atoms with Gasteiger partial charge in [0.2, 0.25) is 5.88 Å². The molecule has 0 saturated heterocycles. The molecule has 0 aliphatic rings. The van der Waals surface area contributed by atoms with E-state index in [1.807, 2.05) is 6.26 Å². The summed E-state index contributed by atoms with van der Waals surface area (Å²) in [7, 11) is 0. The third kappa shape index (κ3) is 6.58. The summed E-state index contributed by atoms with van der Waals surface area (Å²) >= 11 is 1.77. The highest BCUT2D eigenvalue weighted by Gasteiger charge is 2.28. The van der Waals surface area contributed by atoms with Gasteiger partial charge in [-0.15, -0.1) is 0 Å². The van der Waals surface area contributed by atoms with Crippen LogP contribution in [0.1, 0.15) is 6.42 Å². The van der Waals surface area contributed by atoms with Gasteiger partial charge in [0.1, 0.15) is 0 Å². The Balaban J connectivity index is 2.33. The quantitative estimate of drug-likeness (QED) is 0.778. The SMILES string of the molecule is CSCCCNc1ccc(OCC(F)(F)F)nc1. The largest absolute Gasteiger partial charge is 0.468 e. The van der Waals surface area contributed by atoms with Crippen molar-refractivity contribution in [1.29, 1.82) is 0 Å². The zero-order valence-electron chi connectivity index (χ0n) is 9.96. The van der Waals surface area contributed by atoms with Gasteiger partial charge in [0, 0.05) is 12.6 Å². The Labute approximate surface area is 108 Å². The third-order valence-electron chi connectivity index (χ3n) is 1.97. The van der Waals surface area contributed by atoms with Crippen LogP contribution in [0.4, 0.5) is 18.9 Å². The van der Waals surface area contributed by atoms with Crippen LogP contribution in [0.25, 0.3) is 0 Å². The highest BCUT2D eigenvalue weighted by molar-refractivity contribution is 7.98. The van der Waals surface area contributed by atoms with Crippen molar-refractivity contribution in [3.63, 3.8) is 0 Å². The molecule has 1 aromatic rings. The number of aromatic nitrogens is 1. The molecule has 7 heteroatoms. The summed E-state index contributed by atoms with van der Waals surface area (Å²) in [6.45, 7) is -0.508. The summed E-state index contributed by atoms with van der Waals surface area (Å²) in [6, 6.07) is 3.07. The number of nitrogens with zero attached hydrogens (tertiary/aromatic N) is 1. The number of halogens is 3. The van der Waals surface area contributed by atoms with E-state index in [1.54, 1.807) is 17.8 Å². The number of thioether (sulfide) groups is 1. The summed E-state index contributed by atoms with van der Waals surface area (Å²) in [5.41, 5.74) is 0.774. The minimum Gasteiger partial charge on any atom is -0.468 e. The fourth-order valence-electron chi connectivity index (χ4n) is 1.18. The van der Waals surface area contributed by atoms with Crippen LogP contribution in [-0.2, 0) is 0 Å². The molecule has 0 unspecified atom stereocenters. The van der Waals surface area contributed by atoms with Gasteiger partial charge in [0.15, 0.2) is 6.61 Å². The van der Waals surface area contributed by atoms with E-state index < -0.39 is 12.8 Å². The van der Waals surface area contributed by atoms with E-state index in [1.165, 1.54) is 12.3 Å². The lowest BCUT2D eigenvalue weighted by atomic mass is 10.4. The maximum Gasteiger partial charge on any atom is 0.422 e. The lowest BCUT2D eigenvalue weighted by molar-refractivity contribution is -0.154. The second-order valence-electron chi connectivity index (χ2n) is 3.56. The molecule has 0 fully saturated rings. The number of hydrogen-bond acceptors (Lipinski definition) is 4. The van der Waals surface area contributed by atoms with Crippen molar-refractivity contribution in [1.82, 2.24) is 4.98 Å². The number of alkyl halides is 3. The second kappa shape index (κ2) is 7.35. The normalized spacial score (nSPS) is 11.3. The predicted octanol–water partition coefficient (Wildman–Crippen LogP) is 3.19. The van der Waals surface area contributed by atoms with Crippen LogP contribution >= 0.6 is 11.8 Å². The van der Waals surface area contributed by atoms with Gasteiger partial charge in [-0.25, -0.2) is 4.98 Å². The van der Waals surface area contributed by atoms with Crippen molar-refractivity contribution in [2.24, 2.45) is 0 Å². The van der Waals surface area contributed by atoms with Gasteiger partial charge in [0.05, 0.1) is 11.9 Å². The van der Waals surface area contributed by atoms with Crippen molar-refractivity contribution in [3.8, 4) is 5.88 Å².